The molecule has 0 aliphatic carbocycles. The molecule has 1 saturated heterocycles. The molecule has 1 aliphatic heterocycles. The summed E-state index contributed by atoms with van der Waals surface area (Å²) in [5.41, 5.74) is 0.879. The minimum atomic E-state index is -0.0521. The number of rotatable bonds is 2. The molecule has 1 aromatic rings. The van der Waals surface area contributed by atoms with Gasteiger partial charge in [-0.2, -0.15) is 0 Å². The maximum absolute atomic E-state index is 6.12. The normalized spacial score (nSPS) is 25.8. The van der Waals surface area contributed by atoms with Crippen LogP contribution in [0.2, 0.25) is 10.0 Å². The fraction of sp³-hybridized carbons (Fsp3) is 0.455. The molecule has 82 valence electrons. The van der Waals surface area contributed by atoms with Gasteiger partial charge in [0.2, 0.25) is 0 Å². The maximum atomic E-state index is 6.12. The predicted molar refractivity (Wildman–Crippen MR) is 64.0 cm³/mol. The molecule has 0 spiro atoms. The molecule has 2 atom stereocenters. The van der Waals surface area contributed by atoms with Crippen LogP contribution in [0.3, 0.4) is 0 Å². The van der Waals surface area contributed by atoms with Crippen LogP contribution in [-0.2, 0) is 4.74 Å². The minimum Gasteiger partial charge on any atom is -0.373 e. The summed E-state index contributed by atoms with van der Waals surface area (Å²) in [5, 5.41) is 1.31. The zero-order valence-electron chi connectivity index (χ0n) is 8.05. The third-order valence-electron chi connectivity index (χ3n) is 2.70. The molecule has 0 radical (unpaired) electrons. The summed E-state index contributed by atoms with van der Waals surface area (Å²) in [7, 11) is 0. The molecule has 0 aromatic heterocycles. The quantitative estimate of drug-likeness (QED) is 0.724. The second-order valence-corrected chi connectivity index (χ2v) is 4.75. The van der Waals surface area contributed by atoms with E-state index in [4.69, 9.17) is 39.5 Å². The SMILES string of the molecule is ClCC1CCOC1c1c(Cl)cccc1Cl. The van der Waals surface area contributed by atoms with Crippen LogP contribution in [0.5, 0.6) is 0 Å². The highest BCUT2D eigenvalue weighted by molar-refractivity contribution is 6.36. The van der Waals surface area contributed by atoms with Crippen LogP contribution in [0.15, 0.2) is 18.2 Å². The molecular formula is C11H11Cl3O. The number of benzene rings is 1. The molecule has 2 unspecified atom stereocenters. The molecule has 1 aromatic carbocycles. The van der Waals surface area contributed by atoms with Gasteiger partial charge in [-0.25, -0.2) is 0 Å². The Labute approximate surface area is 104 Å². The van der Waals surface area contributed by atoms with Gasteiger partial charge < -0.3 is 4.74 Å². The van der Waals surface area contributed by atoms with E-state index in [9.17, 15) is 0 Å². The van der Waals surface area contributed by atoms with E-state index < -0.39 is 0 Å². The molecule has 1 nitrogen and oxygen atoms in total. The Bertz CT molecular complexity index is 333. The topological polar surface area (TPSA) is 9.23 Å². The number of hydrogen-bond acceptors (Lipinski definition) is 1. The highest BCUT2D eigenvalue weighted by Gasteiger charge is 2.31. The highest BCUT2D eigenvalue weighted by atomic mass is 35.5. The Hall–Kier alpha value is 0.0500. The molecule has 2 rings (SSSR count). The van der Waals surface area contributed by atoms with Crippen molar-refractivity contribution in [1.82, 2.24) is 0 Å². The second kappa shape index (κ2) is 4.92. The van der Waals surface area contributed by atoms with Crippen LogP contribution in [0.4, 0.5) is 0 Å². The number of alkyl halides is 1. The van der Waals surface area contributed by atoms with Gasteiger partial charge in [-0.15, -0.1) is 11.6 Å². The molecule has 0 bridgehead atoms. The first kappa shape index (κ1) is 11.5. The van der Waals surface area contributed by atoms with Gasteiger partial charge in [0.25, 0.3) is 0 Å². The predicted octanol–water partition coefficient (Wildman–Crippen LogP) is 4.31. The highest BCUT2D eigenvalue weighted by Crippen LogP contribution is 2.41. The number of ether oxygens (including phenoxy) is 1. The van der Waals surface area contributed by atoms with Gasteiger partial charge in [0.1, 0.15) is 0 Å². The lowest BCUT2D eigenvalue weighted by Crippen LogP contribution is -2.10. The third-order valence-corrected chi connectivity index (χ3v) is 3.75. The van der Waals surface area contributed by atoms with E-state index in [1.54, 1.807) is 0 Å². The minimum absolute atomic E-state index is 0.0521. The monoisotopic (exact) mass is 264 g/mol. The summed E-state index contributed by atoms with van der Waals surface area (Å²) in [6, 6.07) is 5.49. The van der Waals surface area contributed by atoms with E-state index in [0.717, 1.165) is 18.6 Å². The van der Waals surface area contributed by atoms with Gasteiger partial charge in [-0.3, -0.25) is 0 Å². The van der Waals surface area contributed by atoms with Crippen molar-refractivity contribution in [2.45, 2.75) is 12.5 Å². The fourth-order valence-electron chi connectivity index (χ4n) is 1.89. The molecule has 1 aliphatic rings. The summed E-state index contributed by atoms with van der Waals surface area (Å²) in [4.78, 5) is 0. The van der Waals surface area contributed by atoms with Crippen LogP contribution in [0.1, 0.15) is 18.1 Å². The summed E-state index contributed by atoms with van der Waals surface area (Å²) in [5.74, 6) is 0.885. The van der Waals surface area contributed by atoms with Crippen molar-refractivity contribution in [3.63, 3.8) is 0 Å². The molecule has 15 heavy (non-hydrogen) atoms. The Morgan fingerprint density at radius 3 is 2.53 bits per heavy atom. The van der Waals surface area contributed by atoms with Crippen molar-refractivity contribution in [2.75, 3.05) is 12.5 Å². The van der Waals surface area contributed by atoms with Gasteiger partial charge in [0.05, 0.1) is 6.10 Å². The summed E-state index contributed by atoms with van der Waals surface area (Å²) < 4.78 is 5.65. The third kappa shape index (κ3) is 2.26. The van der Waals surface area contributed by atoms with E-state index in [1.165, 1.54) is 0 Å². The van der Waals surface area contributed by atoms with Gasteiger partial charge in [-0.05, 0) is 18.6 Å². The fourth-order valence-corrected chi connectivity index (χ4v) is 2.82. The van der Waals surface area contributed by atoms with Gasteiger partial charge in [0, 0.05) is 34.0 Å². The zero-order chi connectivity index (χ0) is 10.8. The van der Waals surface area contributed by atoms with E-state index in [1.807, 2.05) is 18.2 Å². The van der Waals surface area contributed by atoms with Crippen LogP contribution in [0.25, 0.3) is 0 Å². The zero-order valence-corrected chi connectivity index (χ0v) is 10.3. The van der Waals surface area contributed by atoms with Crippen molar-refractivity contribution < 1.29 is 4.74 Å². The van der Waals surface area contributed by atoms with Crippen LogP contribution >= 0.6 is 34.8 Å². The lowest BCUT2D eigenvalue weighted by Gasteiger charge is -2.19. The summed E-state index contributed by atoms with van der Waals surface area (Å²) >= 11 is 18.1. The first-order valence-electron chi connectivity index (χ1n) is 4.85. The van der Waals surface area contributed by atoms with E-state index >= 15 is 0 Å². The van der Waals surface area contributed by atoms with E-state index in [-0.39, 0.29) is 6.10 Å². The lowest BCUT2D eigenvalue weighted by atomic mass is 9.97. The van der Waals surface area contributed by atoms with Gasteiger partial charge in [-0.1, -0.05) is 29.3 Å². The van der Waals surface area contributed by atoms with Crippen molar-refractivity contribution >= 4 is 34.8 Å². The second-order valence-electron chi connectivity index (χ2n) is 3.63. The van der Waals surface area contributed by atoms with Crippen LogP contribution in [-0.4, -0.2) is 12.5 Å². The number of hydrogen-bond donors (Lipinski definition) is 0. The number of halogens is 3. The Balaban J connectivity index is 2.36. The maximum Gasteiger partial charge on any atom is 0.0894 e. The van der Waals surface area contributed by atoms with Crippen LogP contribution in [0, 0.1) is 5.92 Å². The molecule has 1 heterocycles. The Morgan fingerprint density at radius 2 is 1.93 bits per heavy atom. The Kier molecular flexibility index (Phi) is 3.78. The average Bonchev–Trinajstić information content (AvgIpc) is 2.65. The van der Waals surface area contributed by atoms with Crippen molar-refractivity contribution in [2.24, 2.45) is 5.92 Å². The van der Waals surface area contributed by atoms with E-state index in [2.05, 4.69) is 0 Å². The summed E-state index contributed by atoms with van der Waals surface area (Å²) in [6.07, 6.45) is 0.916. The average molecular weight is 266 g/mol. The van der Waals surface area contributed by atoms with Crippen LogP contribution < -0.4 is 0 Å². The smallest absolute Gasteiger partial charge is 0.0894 e. The largest absolute Gasteiger partial charge is 0.373 e. The lowest BCUT2D eigenvalue weighted by molar-refractivity contribution is 0.0953. The molecule has 0 saturated carbocycles. The molecule has 1 fully saturated rings. The first-order chi connectivity index (χ1) is 7.24. The molecule has 0 N–H and O–H groups in total. The van der Waals surface area contributed by atoms with Crippen molar-refractivity contribution in [3.8, 4) is 0 Å². The molecule has 4 heteroatoms. The molecular weight excluding hydrogens is 254 g/mol. The molecule has 0 amide bonds. The summed E-state index contributed by atoms with van der Waals surface area (Å²) in [6.45, 7) is 0.726. The van der Waals surface area contributed by atoms with Gasteiger partial charge in [0.15, 0.2) is 0 Å². The van der Waals surface area contributed by atoms with E-state index in [0.29, 0.717) is 21.8 Å². The van der Waals surface area contributed by atoms with Crippen molar-refractivity contribution in [3.05, 3.63) is 33.8 Å². The Morgan fingerprint density at radius 1 is 1.27 bits per heavy atom. The first-order valence-corrected chi connectivity index (χ1v) is 6.14. The standard InChI is InChI=1S/C11H11Cl3O/c12-6-7-4-5-15-11(7)10-8(13)2-1-3-9(10)14/h1-3,7,11H,4-6H2. The van der Waals surface area contributed by atoms with Crippen molar-refractivity contribution in [1.29, 1.82) is 0 Å². The van der Waals surface area contributed by atoms with Gasteiger partial charge >= 0.3 is 0 Å².